The second-order valence-corrected chi connectivity index (χ2v) is 10.5. The summed E-state index contributed by atoms with van der Waals surface area (Å²) in [7, 11) is -2.91. The van der Waals surface area contributed by atoms with Crippen LogP contribution < -0.4 is 10.6 Å². The zero-order chi connectivity index (χ0) is 18.8. The lowest BCUT2D eigenvalue weighted by Gasteiger charge is -2.23. The smallest absolute Gasteiger partial charge is 0.147 e. The molecule has 0 amide bonds. The molecule has 0 aliphatic carbocycles. The maximum atomic E-state index is 14.2. The Bertz CT molecular complexity index is 882. The Labute approximate surface area is 155 Å². The van der Waals surface area contributed by atoms with Gasteiger partial charge in [-0.15, -0.1) is 0 Å². The van der Waals surface area contributed by atoms with Crippen LogP contribution in [0.4, 0.5) is 0 Å². The molecule has 3 aromatic carbocycles. The first-order chi connectivity index (χ1) is 12.3. The lowest BCUT2D eigenvalue weighted by molar-refractivity contribution is 0.468. The van der Waals surface area contributed by atoms with Crippen molar-refractivity contribution in [2.75, 3.05) is 0 Å². The van der Waals surface area contributed by atoms with Crippen molar-refractivity contribution in [3.05, 3.63) is 90.0 Å². The lowest BCUT2D eigenvalue weighted by Crippen LogP contribution is -2.18. The molecule has 0 aliphatic rings. The van der Waals surface area contributed by atoms with E-state index in [1.165, 1.54) is 0 Å². The maximum absolute atomic E-state index is 14.2. The van der Waals surface area contributed by atoms with E-state index in [0.29, 0.717) is 6.16 Å². The molecule has 134 valence electrons. The van der Waals surface area contributed by atoms with Gasteiger partial charge in [-0.3, -0.25) is 0 Å². The molecule has 0 radical (unpaired) electrons. The Hall–Kier alpha value is -2.31. The molecule has 0 spiro atoms. The van der Waals surface area contributed by atoms with Crippen LogP contribution in [0, 0.1) is 0 Å². The molecule has 0 aromatic heterocycles. The molecule has 0 fully saturated rings. The van der Waals surface area contributed by atoms with Gasteiger partial charge >= 0.3 is 0 Å². The van der Waals surface area contributed by atoms with Crippen molar-refractivity contribution in [3.63, 3.8) is 0 Å². The van der Waals surface area contributed by atoms with E-state index in [0.717, 1.165) is 21.7 Å². The zero-order valence-corrected chi connectivity index (χ0v) is 16.4. The van der Waals surface area contributed by atoms with Gasteiger partial charge in [0.25, 0.3) is 0 Å². The van der Waals surface area contributed by atoms with E-state index >= 15 is 0 Å². The van der Waals surface area contributed by atoms with Crippen molar-refractivity contribution in [2.24, 2.45) is 0 Å². The van der Waals surface area contributed by atoms with Crippen LogP contribution in [0.15, 0.2) is 78.9 Å². The topological polar surface area (TPSA) is 37.3 Å². The van der Waals surface area contributed by atoms with E-state index < -0.39 is 7.14 Å². The number of hydrogen-bond acceptors (Lipinski definition) is 2. The maximum Gasteiger partial charge on any atom is 0.147 e. The summed E-state index contributed by atoms with van der Waals surface area (Å²) in [5, 5.41) is 12.1. The first kappa shape index (κ1) is 18.5. The minimum Gasteiger partial charge on any atom is -0.508 e. The highest BCUT2D eigenvalue weighted by molar-refractivity contribution is 7.78. The Morgan fingerprint density at radius 1 is 0.808 bits per heavy atom. The van der Waals surface area contributed by atoms with Crippen molar-refractivity contribution < 1.29 is 9.67 Å². The fraction of sp³-hybridized carbons (Fsp3) is 0.217. The number of phenols is 1. The molecule has 3 aromatic rings. The summed E-state index contributed by atoms with van der Waals surface area (Å²) in [6, 6.07) is 24.8. The molecule has 1 N–H and O–H groups in total. The molecule has 0 aliphatic heterocycles. The number of hydrogen-bond donors (Lipinski definition) is 1. The molecule has 0 bridgehead atoms. The van der Waals surface area contributed by atoms with E-state index in [9.17, 15) is 9.67 Å². The molecule has 0 unspecified atom stereocenters. The first-order valence-corrected chi connectivity index (χ1v) is 10.7. The molecule has 0 heterocycles. The highest BCUT2D eigenvalue weighted by Crippen LogP contribution is 2.48. The molecule has 3 rings (SSSR count). The van der Waals surface area contributed by atoms with Gasteiger partial charge in [0.2, 0.25) is 0 Å². The van der Waals surface area contributed by atoms with E-state index in [-0.39, 0.29) is 11.2 Å². The Kier molecular flexibility index (Phi) is 5.07. The van der Waals surface area contributed by atoms with E-state index in [4.69, 9.17) is 0 Å². The van der Waals surface area contributed by atoms with Crippen molar-refractivity contribution >= 4 is 17.8 Å². The van der Waals surface area contributed by atoms with Crippen molar-refractivity contribution in [3.8, 4) is 5.75 Å². The molecule has 3 heteroatoms. The van der Waals surface area contributed by atoms with Gasteiger partial charge in [0.05, 0.1) is 0 Å². The van der Waals surface area contributed by atoms with E-state index in [2.05, 4.69) is 20.8 Å². The second-order valence-electron chi connectivity index (χ2n) is 7.66. The predicted molar refractivity (Wildman–Crippen MR) is 110 cm³/mol. The zero-order valence-electron chi connectivity index (χ0n) is 15.5. The quantitative estimate of drug-likeness (QED) is 0.646. The third kappa shape index (κ3) is 3.76. The third-order valence-corrected chi connectivity index (χ3v) is 7.74. The van der Waals surface area contributed by atoms with Crippen molar-refractivity contribution in [2.45, 2.75) is 32.3 Å². The summed E-state index contributed by atoms with van der Waals surface area (Å²) in [6.45, 7) is 6.41. The summed E-state index contributed by atoms with van der Waals surface area (Å²) in [5.41, 5.74) is 1.82. The van der Waals surface area contributed by atoms with Gasteiger partial charge in [0, 0.05) is 22.3 Å². The molecule has 0 saturated heterocycles. The average molecular weight is 364 g/mol. The second kappa shape index (κ2) is 7.13. The molecule has 26 heavy (non-hydrogen) atoms. The number of benzene rings is 3. The van der Waals surface area contributed by atoms with E-state index in [1.807, 2.05) is 72.8 Å². The lowest BCUT2D eigenvalue weighted by atomic mass is 9.86. The summed E-state index contributed by atoms with van der Waals surface area (Å²) in [6.07, 6.45) is 0.302. The van der Waals surface area contributed by atoms with Crippen LogP contribution in [-0.4, -0.2) is 5.11 Å². The Morgan fingerprint density at radius 3 is 1.77 bits per heavy atom. The Balaban J connectivity index is 2.13. The number of rotatable bonds is 4. The van der Waals surface area contributed by atoms with E-state index in [1.54, 1.807) is 6.07 Å². The van der Waals surface area contributed by atoms with Gasteiger partial charge in [-0.2, -0.15) is 0 Å². The molecule has 2 nitrogen and oxygen atoms in total. The minimum atomic E-state index is -2.91. The normalized spacial score (nSPS) is 12.1. The molecule has 0 saturated carbocycles. The average Bonchev–Trinajstić information content (AvgIpc) is 2.64. The van der Waals surface area contributed by atoms with Gasteiger partial charge in [-0.25, -0.2) is 0 Å². The Morgan fingerprint density at radius 2 is 1.31 bits per heavy atom. The highest BCUT2D eigenvalue weighted by atomic mass is 31.2. The van der Waals surface area contributed by atoms with Crippen LogP contribution in [0.5, 0.6) is 5.75 Å². The van der Waals surface area contributed by atoms with Gasteiger partial charge in [0.1, 0.15) is 12.9 Å². The predicted octanol–water partition coefficient (Wildman–Crippen LogP) is 5.20. The van der Waals surface area contributed by atoms with Crippen molar-refractivity contribution in [1.82, 2.24) is 0 Å². The monoisotopic (exact) mass is 364 g/mol. The number of phenolic OH excluding ortho intramolecular Hbond substituents is 1. The van der Waals surface area contributed by atoms with Crippen LogP contribution in [0.25, 0.3) is 0 Å². The molecular weight excluding hydrogens is 339 g/mol. The fourth-order valence-electron chi connectivity index (χ4n) is 3.09. The summed E-state index contributed by atoms with van der Waals surface area (Å²) in [4.78, 5) is 0. The third-order valence-electron chi connectivity index (χ3n) is 4.69. The van der Waals surface area contributed by atoms with Crippen LogP contribution in [0.3, 0.4) is 0 Å². The van der Waals surface area contributed by atoms with Gasteiger partial charge in [0.15, 0.2) is 0 Å². The van der Waals surface area contributed by atoms with Crippen molar-refractivity contribution in [1.29, 1.82) is 0 Å². The summed E-state index contributed by atoms with van der Waals surface area (Å²) in [5.74, 6) is 0.199. The highest BCUT2D eigenvalue weighted by Gasteiger charge is 2.29. The SMILES string of the molecule is CC(C)(C)c1ccc(O)c(CP(=O)(c2ccccc2)c2ccccc2)c1. The molecule has 0 atom stereocenters. The van der Waals surface area contributed by atoms with Crippen LogP contribution in [0.1, 0.15) is 31.9 Å². The first-order valence-electron chi connectivity index (χ1n) is 8.83. The van der Waals surface area contributed by atoms with Gasteiger partial charge in [-0.1, -0.05) is 93.6 Å². The minimum absolute atomic E-state index is 0.0358. The largest absolute Gasteiger partial charge is 0.508 e. The summed E-state index contributed by atoms with van der Waals surface area (Å²) < 4.78 is 14.2. The van der Waals surface area contributed by atoms with Crippen LogP contribution in [0.2, 0.25) is 0 Å². The standard InChI is InChI=1S/C23H25O2P/c1-23(2,3)19-14-15-22(24)18(16-19)17-26(25,20-10-6-4-7-11-20)21-12-8-5-9-13-21/h4-16,24H,17H2,1-3H3. The van der Waals surface area contributed by atoms with Crippen LogP contribution in [-0.2, 0) is 16.1 Å². The summed E-state index contributed by atoms with van der Waals surface area (Å²) >= 11 is 0. The fourth-order valence-corrected chi connectivity index (χ4v) is 5.79. The number of aromatic hydroxyl groups is 1. The van der Waals surface area contributed by atoms with Crippen LogP contribution >= 0.6 is 7.14 Å². The molecular formula is C23H25O2P. The van der Waals surface area contributed by atoms with Gasteiger partial charge in [-0.05, 0) is 17.0 Å². The van der Waals surface area contributed by atoms with Gasteiger partial charge < -0.3 is 9.67 Å².